The number of piperazine rings is 1. The van der Waals surface area contributed by atoms with Gasteiger partial charge in [0.25, 0.3) is 5.91 Å². The van der Waals surface area contributed by atoms with Gasteiger partial charge in [0.15, 0.2) is 0 Å². The van der Waals surface area contributed by atoms with Gasteiger partial charge in [-0.2, -0.15) is 0 Å². The largest absolute Gasteiger partial charge is 0.486 e. The molecule has 160 valence electrons. The molecule has 1 aromatic heterocycles. The zero-order valence-electron chi connectivity index (χ0n) is 17.4. The monoisotopic (exact) mass is 419 g/mol. The minimum atomic E-state index is -0.146. The number of carbonyl (C=O) groups excluding carboxylic acids is 2. The molecular weight excluding hydrogens is 394 g/mol. The molecule has 1 aliphatic heterocycles. The van der Waals surface area contributed by atoms with Crippen LogP contribution in [0.15, 0.2) is 60.9 Å². The highest BCUT2D eigenvalue weighted by molar-refractivity contribution is 5.94. The van der Waals surface area contributed by atoms with Gasteiger partial charge >= 0.3 is 0 Å². The fraction of sp³-hybridized carbons (Fsp3) is 0.261. The van der Waals surface area contributed by atoms with Crippen LogP contribution in [0.4, 0.5) is 5.69 Å². The lowest BCUT2D eigenvalue weighted by atomic mass is 10.1. The van der Waals surface area contributed by atoms with E-state index in [1.54, 1.807) is 30.5 Å². The molecule has 1 aliphatic rings. The number of aromatic nitrogens is 2. The highest BCUT2D eigenvalue weighted by Crippen LogP contribution is 2.17. The molecule has 2 N–H and O–H groups in total. The van der Waals surface area contributed by atoms with Gasteiger partial charge in [-0.05, 0) is 42.0 Å². The second-order valence-electron chi connectivity index (χ2n) is 7.39. The smallest absolute Gasteiger partial charge is 0.251 e. The molecule has 8 heteroatoms. The van der Waals surface area contributed by atoms with Gasteiger partial charge in [-0.1, -0.05) is 12.1 Å². The molecule has 0 radical (unpaired) electrons. The number of amides is 2. The maximum atomic E-state index is 12.5. The Labute approximate surface area is 180 Å². The molecule has 0 aliphatic carbocycles. The molecule has 1 saturated heterocycles. The number of rotatable bonds is 7. The molecule has 2 aromatic carbocycles. The van der Waals surface area contributed by atoms with Crippen molar-refractivity contribution in [3.63, 3.8) is 0 Å². The molecule has 2 heterocycles. The van der Waals surface area contributed by atoms with E-state index in [1.807, 2.05) is 47.0 Å². The third kappa shape index (κ3) is 5.22. The lowest BCUT2D eigenvalue weighted by Gasteiger charge is -2.28. The Morgan fingerprint density at radius 1 is 1.16 bits per heavy atom. The van der Waals surface area contributed by atoms with Crippen molar-refractivity contribution in [3.05, 3.63) is 77.9 Å². The minimum Gasteiger partial charge on any atom is -0.486 e. The van der Waals surface area contributed by atoms with E-state index in [2.05, 4.69) is 15.6 Å². The fourth-order valence-corrected chi connectivity index (χ4v) is 3.35. The molecule has 2 amide bonds. The van der Waals surface area contributed by atoms with Crippen molar-refractivity contribution < 1.29 is 14.3 Å². The van der Waals surface area contributed by atoms with Crippen molar-refractivity contribution in [1.29, 1.82) is 0 Å². The van der Waals surface area contributed by atoms with Gasteiger partial charge in [0, 0.05) is 50.3 Å². The summed E-state index contributed by atoms with van der Waals surface area (Å²) in [6.45, 7) is 2.62. The molecular formula is C23H25N5O3. The SMILES string of the molecule is Cn1ccnc1COc1ccc(C(=O)NCc2ccc(N3CCNC(=O)C3)cc2)cc1. The summed E-state index contributed by atoms with van der Waals surface area (Å²) in [7, 11) is 1.92. The topological polar surface area (TPSA) is 88.5 Å². The molecule has 1 fully saturated rings. The van der Waals surface area contributed by atoms with E-state index in [9.17, 15) is 9.59 Å². The Bertz CT molecular complexity index is 1040. The first-order chi connectivity index (χ1) is 15.1. The summed E-state index contributed by atoms with van der Waals surface area (Å²) in [6.07, 6.45) is 3.59. The van der Waals surface area contributed by atoms with Gasteiger partial charge < -0.3 is 24.8 Å². The van der Waals surface area contributed by atoms with Crippen molar-refractivity contribution in [2.75, 3.05) is 24.5 Å². The van der Waals surface area contributed by atoms with E-state index in [0.717, 1.165) is 23.6 Å². The van der Waals surface area contributed by atoms with E-state index < -0.39 is 0 Å². The average molecular weight is 419 g/mol. The van der Waals surface area contributed by atoms with Crippen molar-refractivity contribution >= 4 is 17.5 Å². The molecule has 8 nitrogen and oxygen atoms in total. The van der Waals surface area contributed by atoms with Crippen LogP contribution in [0.25, 0.3) is 0 Å². The van der Waals surface area contributed by atoms with Crippen molar-refractivity contribution in [2.45, 2.75) is 13.2 Å². The third-order valence-corrected chi connectivity index (χ3v) is 5.20. The number of hydrogen-bond donors (Lipinski definition) is 2. The van der Waals surface area contributed by atoms with Crippen LogP contribution in [0.1, 0.15) is 21.7 Å². The second-order valence-corrected chi connectivity index (χ2v) is 7.39. The van der Waals surface area contributed by atoms with Crippen molar-refractivity contribution in [1.82, 2.24) is 20.2 Å². The summed E-state index contributed by atoms with van der Waals surface area (Å²) in [5.74, 6) is 1.40. The molecule has 0 saturated carbocycles. The zero-order valence-corrected chi connectivity index (χ0v) is 17.4. The number of benzene rings is 2. The molecule has 31 heavy (non-hydrogen) atoms. The highest BCUT2D eigenvalue weighted by atomic mass is 16.5. The lowest BCUT2D eigenvalue weighted by molar-refractivity contribution is -0.120. The first-order valence-corrected chi connectivity index (χ1v) is 10.2. The predicted molar refractivity (Wildman–Crippen MR) is 117 cm³/mol. The van der Waals surface area contributed by atoms with Gasteiger partial charge in [-0.3, -0.25) is 9.59 Å². The quantitative estimate of drug-likeness (QED) is 0.610. The molecule has 4 rings (SSSR count). The van der Waals surface area contributed by atoms with Crippen LogP contribution in [-0.2, 0) is 25.0 Å². The third-order valence-electron chi connectivity index (χ3n) is 5.20. The maximum Gasteiger partial charge on any atom is 0.251 e. The number of aryl methyl sites for hydroxylation is 1. The summed E-state index contributed by atoms with van der Waals surface area (Å²) >= 11 is 0. The second kappa shape index (κ2) is 9.34. The first kappa shape index (κ1) is 20.5. The molecule has 0 unspecified atom stereocenters. The van der Waals surface area contributed by atoms with Crippen LogP contribution >= 0.6 is 0 Å². The summed E-state index contributed by atoms with van der Waals surface area (Å²) in [5.41, 5.74) is 2.57. The van der Waals surface area contributed by atoms with Crippen LogP contribution in [0.2, 0.25) is 0 Å². The van der Waals surface area contributed by atoms with E-state index in [4.69, 9.17) is 4.74 Å². The molecule has 0 spiro atoms. The van der Waals surface area contributed by atoms with E-state index in [0.29, 0.717) is 37.6 Å². The summed E-state index contributed by atoms with van der Waals surface area (Å²) in [6, 6.07) is 14.9. The van der Waals surface area contributed by atoms with Gasteiger partial charge in [0.2, 0.25) is 5.91 Å². The number of anilines is 1. The summed E-state index contributed by atoms with van der Waals surface area (Å²) < 4.78 is 7.62. The van der Waals surface area contributed by atoms with E-state index in [-0.39, 0.29) is 11.8 Å². The molecule has 0 atom stereocenters. The number of nitrogens with one attached hydrogen (secondary N) is 2. The van der Waals surface area contributed by atoms with E-state index >= 15 is 0 Å². The van der Waals surface area contributed by atoms with Gasteiger partial charge in [-0.25, -0.2) is 4.98 Å². The number of carbonyl (C=O) groups is 2. The minimum absolute atomic E-state index is 0.0376. The van der Waals surface area contributed by atoms with Gasteiger partial charge in [-0.15, -0.1) is 0 Å². The van der Waals surface area contributed by atoms with Crippen LogP contribution < -0.4 is 20.3 Å². The fourth-order valence-electron chi connectivity index (χ4n) is 3.35. The van der Waals surface area contributed by atoms with Gasteiger partial charge in [0.05, 0.1) is 6.54 Å². The van der Waals surface area contributed by atoms with Crippen molar-refractivity contribution in [2.24, 2.45) is 7.05 Å². The van der Waals surface area contributed by atoms with Crippen molar-refractivity contribution in [3.8, 4) is 5.75 Å². The average Bonchev–Trinajstić information content (AvgIpc) is 3.21. The Balaban J connectivity index is 1.27. The summed E-state index contributed by atoms with van der Waals surface area (Å²) in [5, 5.41) is 5.75. The zero-order chi connectivity index (χ0) is 21.6. The Kier molecular flexibility index (Phi) is 6.16. The lowest BCUT2D eigenvalue weighted by Crippen LogP contribution is -2.47. The first-order valence-electron chi connectivity index (χ1n) is 10.2. The Hall–Kier alpha value is -3.81. The summed E-state index contributed by atoms with van der Waals surface area (Å²) in [4.78, 5) is 30.2. The number of hydrogen-bond acceptors (Lipinski definition) is 5. The maximum absolute atomic E-state index is 12.5. The number of nitrogens with zero attached hydrogens (tertiary/aromatic N) is 3. The number of imidazole rings is 1. The van der Waals surface area contributed by atoms with Gasteiger partial charge in [0.1, 0.15) is 18.2 Å². The van der Waals surface area contributed by atoms with Crippen LogP contribution in [0, 0.1) is 0 Å². The standard InChI is InChI=1S/C23H25N5O3/c1-27-12-10-24-21(27)16-31-20-8-4-18(5-9-20)23(30)26-14-17-2-6-19(7-3-17)28-13-11-25-22(29)15-28/h2-10,12H,11,13-16H2,1H3,(H,25,29)(H,26,30). The Morgan fingerprint density at radius 2 is 1.94 bits per heavy atom. The normalized spacial score (nSPS) is 13.6. The number of ether oxygens (including phenoxy) is 1. The molecule has 0 bridgehead atoms. The van der Waals surface area contributed by atoms with Crippen LogP contribution in [0.5, 0.6) is 5.75 Å². The van der Waals surface area contributed by atoms with Crippen LogP contribution in [-0.4, -0.2) is 41.0 Å². The highest BCUT2D eigenvalue weighted by Gasteiger charge is 2.16. The molecule has 3 aromatic rings. The van der Waals surface area contributed by atoms with E-state index in [1.165, 1.54) is 0 Å². The van der Waals surface area contributed by atoms with Crippen LogP contribution in [0.3, 0.4) is 0 Å². The predicted octanol–water partition coefficient (Wildman–Crippen LogP) is 1.87. The Morgan fingerprint density at radius 3 is 2.61 bits per heavy atom.